The van der Waals surface area contributed by atoms with Crippen molar-refractivity contribution in [3.8, 4) is 0 Å². The molecule has 2 aromatic rings. The third-order valence-electron chi connectivity index (χ3n) is 3.06. The van der Waals surface area contributed by atoms with E-state index in [0.717, 1.165) is 23.5 Å². The summed E-state index contributed by atoms with van der Waals surface area (Å²) >= 11 is 1.03. The normalized spacial score (nSPS) is 19.6. The van der Waals surface area contributed by atoms with Crippen molar-refractivity contribution in [3.63, 3.8) is 0 Å². The van der Waals surface area contributed by atoms with E-state index in [4.69, 9.17) is 5.41 Å². The Morgan fingerprint density at radius 3 is 2.79 bits per heavy atom. The fourth-order valence-electron chi connectivity index (χ4n) is 2.24. The molecule has 0 radical (unpaired) electrons. The van der Waals surface area contributed by atoms with Gasteiger partial charge in [0.1, 0.15) is 0 Å². The SMILES string of the molecule is N=c1sc2cc(C(F)(F)F)cc3c2n1CC[S@](=O)C3. The Balaban J connectivity index is 2.37. The summed E-state index contributed by atoms with van der Waals surface area (Å²) in [6, 6.07) is 2.14. The number of nitrogens with one attached hydrogen (secondary N) is 1. The molecule has 8 heteroatoms. The molecule has 19 heavy (non-hydrogen) atoms. The van der Waals surface area contributed by atoms with Crippen molar-refractivity contribution < 1.29 is 17.4 Å². The Labute approximate surface area is 112 Å². The zero-order valence-electron chi connectivity index (χ0n) is 9.58. The number of aromatic nitrogens is 1. The molecule has 2 heterocycles. The summed E-state index contributed by atoms with van der Waals surface area (Å²) in [5, 5.41) is 7.82. The summed E-state index contributed by atoms with van der Waals surface area (Å²) in [6.45, 7) is 0.420. The highest BCUT2D eigenvalue weighted by atomic mass is 32.2. The van der Waals surface area contributed by atoms with Gasteiger partial charge in [0.05, 0.1) is 21.5 Å². The number of thiazole rings is 1. The van der Waals surface area contributed by atoms with Crippen molar-refractivity contribution in [1.29, 1.82) is 5.41 Å². The van der Waals surface area contributed by atoms with Crippen LogP contribution >= 0.6 is 11.3 Å². The van der Waals surface area contributed by atoms with Crippen LogP contribution in [0.3, 0.4) is 0 Å². The van der Waals surface area contributed by atoms with E-state index in [0.29, 0.717) is 28.1 Å². The second kappa shape index (κ2) is 4.17. The van der Waals surface area contributed by atoms with Gasteiger partial charge in [-0.25, -0.2) is 0 Å². The lowest BCUT2D eigenvalue weighted by Gasteiger charge is -2.09. The van der Waals surface area contributed by atoms with Crippen LogP contribution in [0.25, 0.3) is 10.2 Å². The first-order chi connectivity index (χ1) is 8.86. The van der Waals surface area contributed by atoms with Gasteiger partial charge in [-0.15, -0.1) is 0 Å². The first-order valence-corrected chi connectivity index (χ1v) is 7.80. The van der Waals surface area contributed by atoms with E-state index in [1.807, 2.05) is 0 Å². The van der Waals surface area contributed by atoms with Crippen LogP contribution in [-0.4, -0.2) is 14.5 Å². The number of halogens is 3. The van der Waals surface area contributed by atoms with Gasteiger partial charge in [-0.3, -0.25) is 9.62 Å². The lowest BCUT2D eigenvalue weighted by molar-refractivity contribution is -0.137. The molecule has 0 spiro atoms. The average molecular weight is 306 g/mol. The molecule has 0 amide bonds. The van der Waals surface area contributed by atoms with Crippen LogP contribution in [0.2, 0.25) is 0 Å². The van der Waals surface area contributed by atoms with Gasteiger partial charge in [0.2, 0.25) is 0 Å². The number of nitrogens with zero attached hydrogens (tertiary/aromatic N) is 1. The van der Waals surface area contributed by atoms with Crippen LogP contribution in [0.5, 0.6) is 0 Å². The second-order valence-electron chi connectivity index (χ2n) is 4.33. The quantitative estimate of drug-likeness (QED) is 0.798. The summed E-state index contributed by atoms with van der Waals surface area (Å²) in [6.07, 6.45) is -4.42. The Hall–Kier alpha value is -1.15. The van der Waals surface area contributed by atoms with Crippen LogP contribution < -0.4 is 4.80 Å². The minimum Gasteiger partial charge on any atom is -0.316 e. The highest BCUT2D eigenvalue weighted by Gasteiger charge is 2.32. The zero-order chi connectivity index (χ0) is 13.8. The molecule has 1 aromatic carbocycles. The third-order valence-corrected chi connectivity index (χ3v) is 5.28. The summed E-state index contributed by atoms with van der Waals surface area (Å²) in [5.74, 6) is 0.495. The predicted octanol–water partition coefficient (Wildman–Crippen LogP) is 2.46. The smallest absolute Gasteiger partial charge is 0.316 e. The Kier molecular flexibility index (Phi) is 2.82. The van der Waals surface area contributed by atoms with Gasteiger partial charge >= 0.3 is 6.18 Å². The number of hydrogen-bond donors (Lipinski definition) is 1. The van der Waals surface area contributed by atoms with E-state index in [1.165, 1.54) is 0 Å². The molecule has 3 nitrogen and oxygen atoms in total. The van der Waals surface area contributed by atoms with Gasteiger partial charge in [-0.1, -0.05) is 11.3 Å². The highest BCUT2D eigenvalue weighted by molar-refractivity contribution is 7.84. The standard InChI is InChI=1S/C11H9F3N2OS2/c12-11(13,14)7-3-6-5-19(17)2-1-16-9(6)8(4-7)18-10(16)15/h3-4,15H,1-2,5H2/t19-/m0/s1. The van der Waals surface area contributed by atoms with E-state index < -0.39 is 22.5 Å². The number of hydrogen-bond acceptors (Lipinski definition) is 3. The van der Waals surface area contributed by atoms with Crippen molar-refractivity contribution in [2.75, 3.05) is 5.75 Å². The van der Waals surface area contributed by atoms with E-state index >= 15 is 0 Å². The summed E-state index contributed by atoms with van der Waals surface area (Å²) < 4.78 is 52.3. The Morgan fingerprint density at radius 1 is 1.37 bits per heavy atom. The number of rotatable bonds is 0. The lowest BCUT2D eigenvalue weighted by atomic mass is 10.1. The molecule has 0 unspecified atom stereocenters. The fraction of sp³-hybridized carbons (Fsp3) is 0.364. The van der Waals surface area contributed by atoms with Gasteiger partial charge in [-0.05, 0) is 17.7 Å². The maximum absolute atomic E-state index is 12.8. The van der Waals surface area contributed by atoms with Gasteiger partial charge in [0.25, 0.3) is 0 Å². The number of benzene rings is 1. The molecule has 0 saturated heterocycles. The van der Waals surface area contributed by atoms with Crippen LogP contribution in [0.1, 0.15) is 11.1 Å². The monoisotopic (exact) mass is 306 g/mol. The first-order valence-electron chi connectivity index (χ1n) is 5.49. The van der Waals surface area contributed by atoms with Crippen molar-refractivity contribution in [3.05, 3.63) is 28.1 Å². The van der Waals surface area contributed by atoms with Gasteiger partial charge in [-0.2, -0.15) is 13.2 Å². The van der Waals surface area contributed by atoms with Crippen LogP contribution in [0.4, 0.5) is 13.2 Å². The van der Waals surface area contributed by atoms with E-state index in [1.54, 1.807) is 4.57 Å². The molecule has 102 valence electrons. The van der Waals surface area contributed by atoms with E-state index in [-0.39, 0.29) is 10.6 Å². The molecule has 0 bridgehead atoms. The minimum absolute atomic E-state index is 0.122. The molecule has 0 fully saturated rings. The molecule has 1 aromatic heterocycles. The summed E-state index contributed by atoms with van der Waals surface area (Å²) in [4.78, 5) is 0.203. The predicted molar refractivity (Wildman–Crippen MR) is 67.4 cm³/mol. The van der Waals surface area contributed by atoms with Crippen LogP contribution in [0.15, 0.2) is 12.1 Å². The van der Waals surface area contributed by atoms with Crippen molar-refractivity contribution in [2.24, 2.45) is 0 Å². The van der Waals surface area contributed by atoms with Gasteiger partial charge in [0.15, 0.2) is 4.80 Å². The Morgan fingerprint density at radius 2 is 2.11 bits per heavy atom. The molecule has 1 aliphatic heterocycles. The van der Waals surface area contributed by atoms with Gasteiger partial charge in [0, 0.05) is 23.1 Å². The first kappa shape index (κ1) is 12.9. The largest absolute Gasteiger partial charge is 0.416 e. The summed E-state index contributed by atoms with van der Waals surface area (Å²) in [5.41, 5.74) is 0.326. The number of alkyl halides is 3. The second-order valence-corrected chi connectivity index (χ2v) is 6.93. The van der Waals surface area contributed by atoms with Crippen molar-refractivity contribution in [1.82, 2.24) is 4.57 Å². The molecule has 1 N–H and O–H groups in total. The highest BCUT2D eigenvalue weighted by Crippen LogP contribution is 2.35. The molecule has 0 saturated carbocycles. The van der Waals surface area contributed by atoms with Gasteiger partial charge < -0.3 is 4.57 Å². The van der Waals surface area contributed by atoms with E-state index in [9.17, 15) is 17.4 Å². The molecule has 1 atom stereocenters. The fourth-order valence-corrected chi connectivity index (χ4v) is 4.36. The minimum atomic E-state index is -4.42. The zero-order valence-corrected chi connectivity index (χ0v) is 11.2. The molecular weight excluding hydrogens is 297 g/mol. The van der Waals surface area contributed by atoms with Crippen LogP contribution in [-0.2, 0) is 29.3 Å². The topological polar surface area (TPSA) is 45.9 Å². The lowest BCUT2D eigenvalue weighted by Crippen LogP contribution is -2.15. The third kappa shape index (κ3) is 2.12. The molecule has 0 aliphatic carbocycles. The number of aryl methyl sites for hydroxylation is 1. The molecule has 1 aliphatic rings. The van der Waals surface area contributed by atoms with E-state index in [2.05, 4.69) is 0 Å². The molecule has 3 rings (SSSR count). The molecular formula is C11H9F3N2OS2. The van der Waals surface area contributed by atoms with Crippen molar-refractivity contribution >= 4 is 32.4 Å². The van der Waals surface area contributed by atoms with Crippen molar-refractivity contribution in [2.45, 2.75) is 18.5 Å². The maximum Gasteiger partial charge on any atom is 0.416 e. The average Bonchev–Trinajstić information content (AvgIpc) is 2.49. The summed E-state index contributed by atoms with van der Waals surface area (Å²) in [7, 11) is -1.18. The maximum atomic E-state index is 12.8. The Bertz CT molecular complexity index is 745. The van der Waals surface area contributed by atoms with Crippen LogP contribution in [0, 0.1) is 5.41 Å².